The van der Waals surface area contributed by atoms with Crippen molar-refractivity contribution < 1.29 is 44.4 Å². The second kappa shape index (κ2) is 14.1. The molecule has 13 nitrogen and oxygen atoms in total. The molecule has 194 valence electrons. The van der Waals surface area contributed by atoms with Crippen molar-refractivity contribution >= 4 is 42.3 Å². The molecule has 0 aliphatic carbocycles. The van der Waals surface area contributed by atoms with E-state index < -0.39 is 59.9 Å². The first-order chi connectivity index (χ1) is 16.3. The number of phenols is 1. The molecule has 0 aliphatic heterocycles. The first kappa shape index (κ1) is 29.7. The number of carboxylic acid groups (broad SMARTS) is 2. The minimum absolute atomic E-state index is 0.0183. The summed E-state index contributed by atoms with van der Waals surface area (Å²) in [6.07, 6.45) is -2.09. The highest BCUT2D eigenvalue weighted by molar-refractivity contribution is 7.80. The number of hydrogen-bond donors (Lipinski definition) is 9. The summed E-state index contributed by atoms with van der Waals surface area (Å²) < 4.78 is 0. The summed E-state index contributed by atoms with van der Waals surface area (Å²) in [5.74, 6) is -5.43. The summed E-state index contributed by atoms with van der Waals surface area (Å²) in [6, 6.07) is 0.222. The van der Waals surface area contributed by atoms with E-state index in [1.165, 1.54) is 31.2 Å². The number of benzene rings is 1. The van der Waals surface area contributed by atoms with Crippen molar-refractivity contribution in [3.8, 4) is 5.75 Å². The lowest BCUT2D eigenvalue weighted by Gasteiger charge is -2.26. The number of aliphatic hydroxyl groups excluding tert-OH is 1. The molecule has 1 aromatic rings. The van der Waals surface area contributed by atoms with Gasteiger partial charge in [0, 0.05) is 18.6 Å². The van der Waals surface area contributed by atoms with E-state index in [1.54, 1.807) is 0 Å². The normalized spacial score (nSPS) is 15.1. The lowest BCUT2D eigenvalue weighted by molar-refractivity contribution is -0.143. The largest absolute Gasteiger partial charge is 0.508 e. The number of nitrogens with two attached hydrogens (primary N) is 1. The Morgan fingerprint density at radius 1 is 0.943 bits per heavy atom. The van der Waals surface area contributed by atoms with Gasteiger partial charge in [0.2, 0.25) is 17.7 Å². The van der Waals surface area contributed by atoms with Crippen LogP contribution in [-0.4, -0.2) is 86.1 Å². The van der Waals surface area contributed by atoms with Gasteiger partial charge in [-0.1, -0.05) is 12.1 Å². The Morgan fingerprint density at radius 2 is 1.51 bits per heavy atom. The predicted octanol–water partition coefficient (Wildman–Crippen LogP) is -2.02. The quantitative estimate of drug-likeness (QED) is 0.124. The van der Waals surface area contributed by atoms with Crippen LogP contribution in [0.5, 0.6) is 5.75 Å². The van der Waals surface area contributed by atoms with E-state index >= 15 is 0 Å². The van der Waals surface area contributed by atoms with Crippen LogP contribution < -0.4 is 21.7 Å². The summed E-state index contributed by atoms with van der Waals surface area (Å²) in [6.45, 7) is 1.20. The summed E-state index contributed by atoms with van der Waals surface area (Å²) in [5, 5.41) is 44.3. The number of aliphatic carboxylic acids is 2. The summed E-state index contributed by atoms with van der Waals surface area (Å²) in [5.41, 5.74) is 6.12. The molecule has 0 fully saturated rings. The van der Waals surface area contributed by atoms with Crippen LogP contribution in [0.4, 0.5) is 0 Å². The van der Waals surface area contributed by atoms with Crippen molar-refractivity contribution in [1.82, 2.24) is 16.0 Å². The van der Waals surface area contributed by atoms with E-state index in [1.807, 2.05) is 0 Å². The van der Waals surface area contributed by atoms with E-state index in [9.17, 15) is 39.3 Å². The molecule has 0 saturated carbocycles. The fraction of sp³-hybridized carbons (Fsp3) is 0.476. The number of aromatic hydroxyl groups is 1. The van der Waals surface area contributed by atoms with Gasteiger partial charge in [-0.2, -0.15) is 12.6 Å². The van der Waals surface area contributed by atoms with Crippen LogP contribution in [0, 0.1) is 0 Å². The van der Waals surface area contributed by atoms with Crippen molar-refractivity contribution in [3.63, 3.8) is 0 Å². The first-order valence-electron chi connectivity index (χ1n) is 10.5. The zero-order valence-corrected chi connectivity index (χ0v) is 19.8. The van der Waals surface area contributed by atoms with Crippen LogP contribution in [-0.2, 0) is 30.4 Å². The second-order valence-corrected chi connectivity index (χ2v) is 8.14. The molecule has 0 aromatic heterocycles. The van der Waals surface area contributed by atoms with Crippen LogP contribution in [0.3, 0.4) is 0 Å². The highest BCUT2D eigenvalue weighted by Crippen LogP contribution is 2.12. The molecule has 5 unspecified atom stereocenters. The molecule has 14 heteroatoms. The zero-order valence-electron chi connectivity index (χ0n) is 18.9. The average molecular weight is 515 g/mol. The number of rotatable bonds is 14. The van der Waals surface area contributed by atoms with E-state index in [-0.39, 0.29) is 30.8 Å². The molecule has 3 amide bonds. The molecule has 0 aliphatic rings. The monoisotopic (exact) mass is 514 g/mol. The van der Waals surface area contributed by atoms with Gasteiger partial charge in [0.25, 0.3) is 0 Å². The molecule has 0 heterocycles. The number of nitrogens with one attached hydrogen (secondary N) is 3. The Labute approximate surface area is 206 Å². The van der Waals surface area contributed by atoms with Gasteiger partial charge in [0.05, 0.1) is 12.1 Å². The Hall–Kier alpha value is -3.36. The van der Waals surface area contributed by atoms with Gasteiger partial charge in [-0.3, -0.25) is 19.2 Å². The highest BCUT2D eigenvalue weighted by atomic mass is 32.1. The zero-order chi connectivity index (χ0) is 26.7. The summed E-state index contributed by atoms with van der Waals surface area (Å²) in [4.78, 5) is 59.7. The molecule has 35 heavy (non-hydrogen) atoms. The molecular weight excluding hydrogens is 484 g/mol. The van der Waals surface area contributed by atoms with Crippen molar-refractivity contribution in [2.24, 2.45) is 5.73 Å². The maximum absolute atomic E-state index is 12.7. The number of hydrogen-bond acceptors (Lipinski definition) is 9. The summed E-state index contributed by atoms with van der Waals surface area (Å²) in [7, 11) is 0. The molecule has 5 atom stereocenters. The molecular formula is C21H30N4O9S. The first-order valence-corrected chi connectivity index (χ1v) is 11.2. The van der Waals surface area contributed by atoms with E-state index in [2.05, 4.69) is 28.6 Å². The molecule has 0 radical (unpaired) electrons. The minimum Gasteiger partial charge on any atom is -0.508 e. The van der Waals surface area contributed by atoms with Crippen molar-refractivity contribution in [2.75, 3.05) is 5.75 Å². The summed E-state index contributed by atoms with van der Waals surface area (Å²) >= 11 is 3.98. The number of carboxylic acids is 2. The SMILES string of the molecule is CC(O)C(NC(=O)C(CS)NC(=O)C(N)CCC(=O)O)C(=O)NC(Cc1ccc(O)cc1)C(=O)O. The lowest BCUT2D eigenvalue weighted by Crippen LogP contribution is -2.60. The van der Waals surface area contributed by atoms with E-state index in [4.69, 9.17) is 10.8 Å². The smallest absolute Gasteiger partial charge is 0.326 e. The number of thiol groups is 1. The van der Waals surface area contributed by atoms with Crippen LogP contribution in [0.1, 0.15) is 25.3 Å². The molecule has 0 saturated heterocycles. The Balaban J connectivity index is 2.84. The van der Waals surface area contributed by atoms with E-state index in [0.29, 0.717) is 5.56 Å². The predicted molar refractivity (Wildman–Crippen MR) is 126 cm³/mol. The van der Waals surface area contributed by atoms with Crippen LogP contribution in [0.25, 0.3) is 0 Å². The number of aliphatic hydroxyl groups is 1. The number of carbonyl (C=O) groups excluding carboxylic acids is 3. The van der Waals surface area contributed by atoms with Gasteiger partial charge >= 0.3 is 11.9 Å². The van der Waals surface area contributed by atoms with Crippen molar-refractivity contribution in [3.05, 3.63) is 29.8 Å². The molecule has 0 bridgehead atoms. The Kier molecular flexibility index (Phi) is 12.0. The second-order valence-electron chi connectivity index (χ2n) is 7.78. The minimum atomic E-state index is -1.57. The third-order valence-corrected chi connectivity index (χ3v) is 5.24. The van der Waals surface area contributed by atoms with Crippen molar-refractivity contribution in [1.29, 1.82) is 0 Å². The van der Waals surface area contributed by atoms with Crippen LogP contribution in [0.2, 0.25) is 0 Å². The number of amides is 3. The molecule has 0 spiro atoms. The topological polar surface area (TPSA) is 228 Å². The molecule has 1 aromatic carbocycles. The van der Waals surface area contributed by atoms with E-state index in [0.717, 1.165) is 0 Å². The van der Waals surface area contributed by atoms with Gasteiger partial charge in [0.15, 0.2) is 0 Å². The highest BCUT2D eigenvalue weighted by Gasteiger charge is 2.32. The third kappa shape index (κ3) is 10.2. The number of carbonyl (C=O) groups is 5. The molecule has 9 N–H and O–H groups in total. The van der Waals surface area contributed by atoms with Gasteiger partial charge in [-0.05, 0) is 31.0 Å². The maximum atomic E-state index is 12.7. The van der Waals surface area contributed by atoms with Crippen LogP contribution in [0.15, 0.2) is 24.3 Å². The van der Waals surface area contributed by atoms with Crippen LogP contribution >= 0.6 is 12.6 Å². The lowest BCUT2D eigenvalue weighted by atomic mass is 10.0. The van der Waals surface area contributed by atoms with Gasteiger partial charge in [-0.15, -0.1) is 0 Å². The average Bonchev–Trinajstić information content (AvgIpc) is 2.79. The van der Waals surface area contributed by atoms with Crippen molar-refractivity contribution in [2.45, 2.75) is 56.5 Å². The van der Waals surface area contributed by atoms with Gasteiger partial charge < -0.3 is 42.1 Å². The Morgan fingerprint density at radius 3 is 2.00 bits per heavy atom. The maximum Gasteiger partial charge on any atom is 0.326 e. The van der Waals surface area contributed by atoms with Gasteiger partial charge in [-0.25, -0.2) is 4.79 Å². The standard InChI is InChI=1S/C21H30N4O9S/c1-10(26)17(20(32)23-14(21(33)34)8-11-2-4-12(27)5-3-11)25-19(31)15(9-35)24-18(30)13(22)6-7-16(28)29/h2-5,10,13-15,17,26-27,35H,6-9,22H2,1H3,(H,23,32)(H,24,30)(H,25,31)(H,28,29)(H,33,34). The fourth-order valence-electron chi connectivity index (χ4n) is 2.87. The fourth-order valence-corrected chi connectivity index (χ4v) is 3.13. The number of phenolic OH excluding ortho intramolecular Hbond substituents is 1. The third-order valence-electron chi connectivity index (χ3n) is 4.87. The van der Waals surface area contributed by atoms with Gasteiger partial charge in [0.1, 0.15) is 23.9 Å². The molecule has 1 rings (SSSR count). The Bertz CT molecular complexity index is 911.